The fraction of sp³-hybridized carbons (Fsp3) is 0.238. The lowest BCUT2D eigenvalue weighted by molar-refractivity contribution is -0.134. The highest BCUT2D eigenvalue weighted by Gasteiger charge is 2.37. The summed E-state index contributed by atoms with van der Waals surface area (Å²) in [5.41, 5.74) is 4.98. The first kappa shape index (κ1) is 38.9. The van der Waals surface area contributed by atoms with Crippen LogP contribution in [-0.2, 0) is 14.3 Å². The number of aromatic nitrogens is 6. The molecule has 7 rings (SSSR count). The molecule has 3 aromatic carbocycles. The van der Waals surface area contributed by atoms with Crippen LogP contribution in [0.25, 0.3) is 33.9 Å². The summed E-state index contributed by atoms with van der Waals surface area (Å²) in [5, 5.41) is 17.4. The van der Waals surface area contributed by atoms with Gasteiger partial charge in [-0.15, -0.1) is 0 Å². The summed E-state index contributed by atoms with van der Waals surface area (Å²) in [5.74, 6) is 0.909. The monoisotopic (exact) mass is 782 g/mol. The third-order valence-corrected chi connectivity index (χ3v) is 9.81. The molecule has 296 valence electrons. The first-order valence-corrected chi connectivity index (χ1v) is 18.8. The molecule has 16 heteroatoms. The van der Waals surface area contributed by atoms with Gasteiger partial charge in [0.15, 0.2) is 5.82 Å². The van der Waals surface area contributed by atoms with Crippen molar-refractivity contribution in [1.29, 1.82) is 0 Å². The van der Waals surface area contributed by atoms with Gasteiger partial charge in [0.2, 0.25) is 5.91 Å². The second-order valence-corrected chi connectivity index (χ2v) is 13.7. The van der Waals surface area contributed by atoms with Gasteiger partial charge >= 0.3 is 12.2 Å². The largest absolute Gasteiger partial charge is 0.465 e. The van der Waals surface area contributed by atoms with Gasteiger partial charge in [0.1, 0.15) is 23.7 Å². The number of hydrogen-bond donors (Lipinski definition) is 6. The number of carbonyl (C=O) groups is 4. The van der Waals surface area contributed by atoms with Gasteiger partial charge in [-0.3, -0.25) is 9.59 Å². The van der Waals surface area contributed by atoms with Crippen molar-refractivity contribution < 1.29 is 29.0 Å². The molecule has 1 fully saturated rings. The number of likely N-dealkylation sites (tertiary alicyclic amines) is 1. The van der Waals surface area contributed by atoms with Gasteiger partial charge in [-0.25, -0.2) is 29.5 Å². The van der Waals surface area contributed by atoms with Gasteiger partial charge in [0.25, 0.3) is 5.91 Å². The van der Waals surface area contributed by atoms with E-state index in [2.05, 4.69) is 45.9 Å². The maximum atomic E-state index is 13.7. The van der Waals surface area contributed by atoms with E-state index < -0.39 is 36.2 Å². The zero-order valence-electron chi connectivity index (χ0n) is 31.8. The summed E-state index contributed by atoms with van der Waals surface area (Å²) in [6, 6.07) is 22.6. The van der Waals surface area contributed by atoms with Crippen molar-refractivity contribution in [3.8, 4) is 33.9 Å². The van der Waals surface area contributed by atoms with Crippen molar-refractivity contribution in [2.45, 2.75) is 50.9 Å². The van der Waals surface area contributed by atoms with Crippen LogP contribution in [0.2, 0.25) is 0 Å². The van der Waals surface area contributed by atoms with Crippen molar-refractivity contribution in [1.82, 2.24) is 50.8 Å². The lowest BCUT2D eigenvalue weighted by atomic mass is 10.1. The second-order valence-electron chi connectivity index (χ2n) is 13.7. The van der Waals surface area contributed by atoms with Crippen molar-refractivity contribution in [3.63, 3.8) is 0 Å². The van der Waals surface area contributed by atoms with E-state index in [0.717, 1.165) is 23.2 Å². The number of hydrogen-bond acceptors (Lipinski definition) is 9. The Morgan fingerprint density at radius 3 is 2.03 bits per heavy atom. The predicted molar refractivity (Wildman–Crippen MR) is 213 cm³/mol. The Balaban J connectivity index is 0.986. The maximum absolute atomic E-state index is 13.7. The highest BCUT2D eigenvalue weighted by atomic mass is 16.5. The standard InChI is InChI=1S/C42H42N10O6/c1-3-58-42(57)51-34(27-11-6-4-7-12-27)39(53)47-25(2)36-45-24-32(48-36)30-21-43-37(44-22-30)29-18-16-26(17-19-29)31-23-46-38(49-31)33-15-10-20-52(33)40(54)35(50-41(55)56)28-13-8-5-9-14-28/h4-9,11-14,16-19,21-25,33-35,50H,3,10,15,20H2,1-2H3,(H,45,48)(H,46,49)(H,47,53)(H,51,57)(H,55,56)/t25-,33-,34+,35+/m0/s1. The molecule has 6 N–H and O–H groups in total. The van der Waals surface area contributed by atoms with Crippen LogP contribution in [0.1, 0.15) is 73.6 Å². The predicted octanol–water partition coefficient (Wildman–Crippen LogP) is 6.26. The summed E-state index contributed by atoms with van der Waals surface area (Å²) in [4.78, 5) is 77.4. The molecule has 16 nitrogen and oxygen atoms in total. The van der Waals surface area contributed by atoms with E-state index in [0.29, 0.717) is 52.8 Å². The molecule has 1 saturated heterocycles. The Bertz CT molecular complexity index is 2350. The van der Waals surface area contributed by atoms with Gasteiger partial charge in [-0.05, 0) is 43.4 Å². The van der Waals surface area contributed by atoms with Crippen LogP contribution >= 0.6 is 0 Å². The normalized spacial score (nSPS) is 15.2. The zero-order chi connectivity index (χ0) is 40.6. The third-order valence-electron chi connectivity index (χ3n) is 9.81. The molecule has 0 spiro atoms. The van der Waals surface area contributed by atoms with Crippen LogP contribution < -0.4 is 16.0 Å². The molecule has 4 atom stereocenters. The van der Waals surface area contributed by atoms with E-state index in [1.807, 2.05) is 36.4 Å². The first-order chi connectivity index (χ1) is 28.2. The highest BCUT2D eigenvalue weighted by molar-refractivity contribution is 5.88. The summed E-state index contributed by atoms with van der Waals surface area (Å²) in [6.07, 6.45) is 6.25. The number of ether oxygens (including phenoxy) is 1. The van der Waals surface area contributed by atoms with Crippen LogP contribution in [0.15, 0.2) is 110 Å². The van der Waals surface area contributed by atoms with Gasteiger partial charge in [0, 0.05) is 30.1 Å². The SMILES string of the molecule is CCOC(=O)N[C@@H](C(=O)N[C@@H](C)c1ncc(-c2cnc(-c3ccc(-c4cnc([C@@H]5CCCN5C(=O)[C@H](NC(=O)O)c5ccccc5)[nH]4)cc3)nc2)[nH]1)c1ccccc1. The van der Waals surface area contributed by atoms with E-state index in [-0.39, 0.29) is 18.6 Å². The summed E-state index contributed by atoms with van der Waals surface area (Å²) >= 11 is 0. The number of carbonyl (C=O) groups excluding carboxylic acids is 3. The number of nitrogens with one attached hydrogen (secondary N) is 5. The molecular weight excluding hydrogens is 741 g/mol. The molecule has 58 heavy (non-hydrogen) atoms. The summed E-state index contributed by atoms with van der Waals surface area (Å²) in [7, 11) is 0. The van der Waals surface area contributed by atoms with Crippen LogP contribution in [0.5, 0.6) is 0 Å². The topological polar surface area (TPSA) is 220 Å². The molecule has 3 aromatic heterocycles. The second kappa shape index (κ2) is 17.6. The minimum atomic E-state index is -1.27. The van der Waals surface area contributed by atoms with Gasteiger partial charge in [-0.1, -0.05) is 84.9 Å². The van der Waals surface area contributed by atoms with Crippen LogP contribution in [0.4, 0.5) is 9.59 Å². The lowest BCUT2D eigenvalue weighted by Gasteiger charge is -2.28. The molecule has 1 aliphatic rings. The average molecular weight is 783 g/mol. The first-order valence-electron chi connectivity index (χ1n) is 18.8. The van der Waals surface area contributed by atoms with Crippen molar-refractivity contribution in [2.24, 2.45) is 0 Å². The number of nitrogens with zero attached hydrogens (tertiary/aromatic N) is 5. The van der Waals surface area contributed by atoms with Crippen molar-refractivity contribution in [3.05, 3.63) is 132 Å². The van der Waals surface area contributed by atoms with Crippen molar-refractivity contribution in [2.75, 3.05) is 13.2 Å². The molecule has 6 aromatic rings. The minimum absolute atomic E-state index is 0.173. The number of benzene rings is 3. The van der Waals surface area contributed by atoms with Gasteiger partial charge in [-0.2, -0.15) is 0 Å². The molecular formula is C42H42N10O6. The van der Waals surface area contributed by atoms with Crippen molar-refractivity contribution >= 4 is 24.0 Å². The van der Waals surface area contributed by atoms with Gasteiger partial charge in [0.05, 0.1) is 42.5 Å². The molecule has 0 aliphatic carbocycles. The van der Waals surface area contributed by atoms with Crippen LogP contribution in [0, 0.1) is 0 Å². The maximum Gasteiger partial charge on any atom is 0.408 e. The summed E-state index contributed by atoms with van der Waals surface area (Å²) < 4.78 is 5.01. The molecule has 0 unspecified atom stereocenters. The number of H-pyrrole nitrogens is 2. The Morgan fingerprint density at radius 2 is 1.38 bits per heavy atom. The fourth-order valence-electron chi connectivity index (χ4n) is 6.91. The number of aromatic amines is 2. The number of alkyl carbamates (subject to hydrolysis) is 1. The fourth-order valence-corrected chi connectivity index (χ4v) is 6.91. The Hall–Kier alpha value is -7.36. The smallest absolute Gasteiger partial charge is 0.408 e. The summed E-state index contributed by atoms with van der Waals surface area (Å²) in [6.45, 7) is 4.14. The molecule has 4 heterocycles. The molecule has 0 saturated carbocycles. The minimum Gasteiger partial charge on any atom is -0.465 e. The molecule has 0 bridgehead atoms. The quantitative estimate of drug-likeness (QED) is 0.0772. The average Bonchev–Trinajstić information content (AvgIpc) is 4.05. The lowest BCUT2D eigenvalue weighted by Crippen LogP contribution is -2.42. The number of rotatable bonds is 13. The molecule has 4 amide bonds. The number of imidazole rings is 2. The molecule has 1 aliphatic heterocycles. The number of amides is 4. The highest BCUT2D eigenvalue weighted by Crippen LogP contribution is 2.34. The van der Waals surface area contributed by atoms with E-state index in [1.165, 1.54) is 0 Å². The van der Waals surface area contributed by atoms with E-state index in [9.17, 15) is 24.3 Å². The zero-order valence-corrected chi connectivity index (χ0v) is 31.8. The Morgan fingerprint density at radius 1 is 0.759 bits per heavy atom. The third kappa shape index (κ3) is 8.86. The van der Waals surface area contributed by atoms with E-state index in [4.69, 9.17) is 4.74 Å². The Kier molecular flexibility index (Phi) is 11.8. The Labute approximate surface area is 333 Å². The number of carboxylic acid groups (broad SMARTS) is 1. The molecule has 0 radical (unpaired) electrons. The van der Waals surface area contributed by atoms with Crippen LogP contribution in [-0.4, -0.2) is 77.1 Å². The van der Waals surface area contributed by atoms with E-state index in [1.54, 1.807) is 92.1 Å². The van der Waals surface area contributed by atoms with Crippen LogP contribution in [0.3, 0.4) is 0 Å². The van der Waals surface area contributed by atoms with E-state index >= 15 is 0 Å². The van der Waals surface area contributed by atoms with Gasteiger partial charge < -0.3 is 40.7 Å².